The number of amides is 1. The van der Waals surface area contributed by atoms with E-state index in [4.69, 9.17) is 40.5 Å². The van der Waals surface area contributed by atoms with Crippen LogP contribution >= 0.6 is 34.8 Å². The monoisotopic (exact) mass is 399 g/mol. The third kappa shape index (κ3) is 5.39. The second-order valence-electron chi connectivity index (χ2n) is 5.38. The maximum absolute atomic E-state index is 11.8. The predicted molar refractivity (Wildman–Crippen MR) is 92.4 cm³/mol. The van der Waals surface area contributed by atoms with E-state index in [-0.39, 0.29) is 11.5 Å². The van der Waals surface area contributed by atoms with Gasteiger partial charge in [0.1, 0.15) is 0 Å². The molecule has 1 aliphatic heterocycles. The SMILES string of the molecule is Nc1ccc(CN[C@H]2CS(=O)(=O)C[C@@H]2NC(=O)C(Cl)(Cl)Cl)cc1. The van der Waals surface area contributed by atoms with Crippen LogP contribution in [0.5, 0.6) is 0 Å². The molecular weight excluding hydrogens is 385 g/mol. The molecule has 1 fully saturated rings. The Hall–Kier alpha value is -0.730. The van der Waals surface area contributed by atoms with Crippen molar-refractivity contribution < 1.29 is 13.2 Å². The molecule has 1 heterocycles. The number of benzene rings is 1. The number of halogens is 3. The average Bonchev–Trinajstić information content (AvgIpc) is 2.71. The molecule has 128 valence electrons. The van der Waals surface area contributed by atoms with E-state index in [1.54, 1.807) is 12.1 Å². The van der Waals surface area contributed by atoms with Gasteiger partial charge in [0.25, 0.3) is 9.70 Å². The minimum absolute atomic E-state index is 0.0905. The zero-order chi connectivity index (χ0) is 17.3. The molecule has 0 spiro atoms. The summed E-state index contributed by atoms with van der Waals surface area (Å²) in [4.78, 5) is 11.7. The van der Waals surface area contributed by atoms with Crippen LogP contribution in [0.15, 0.2) is 24.3 Å². The van der Waals surface area contributed by atoms with E-state index in [0.717, 1.165) is 5.56 Å². The molecule has 1 aromatic rings. The summed E-state index contributed by atoms with van der Waals surface area (Å²) in [6.07, 6.45) is 0. The summed E-state index contributed by atoms with van der Waals surface area (Å²) in [6, 6.07) is 6.06. The first-order valence-electron chi connectivity index (χ1n) is 6.73. The quantitative estimate of drug-likeness (QED) is 0.517. The number of carbonyl (C=O) groups excluding carboxylic acids is 1. The number of nitrogen functional groups attached to an aromatic ring is 1. The third-order valence-electron chi connectivity index (χ3n) is 3.47. The predicted octanol–water partition coefficient (Wildman–Crippen LogP) is 1.01. The van der Waals surface area contributed by atoms with E-state index < -0.39 is 31.6 Å². The molecule has 1 saturated heterocycles. The van der Waals surface area contributed by atoms with Gasteiger partial charge >= 0.3 is 0 Å². The van der Waals surface area contributed by atoms with Gasteiger partial charge < -0.3 is 16.4 Å². The first-order valence-corrected chi connectivity index (χ1v) is 9.68. The average molecular weight is 401 g/mol. The van der Waals surface area contributed by atoms with E-state index in [1.807, 2.05) is 12.1 Å². The highest BCUT2D eigenvalue weighted by Crippen LogP contribution is 2.27. The zero-order valence-electron chi connectivity index (χ0n) is 11.9. The number of nitrogens with one attached hydrogen (secondary N) is 2. The number of hydrogen-bond acceptors (Lipinski definition) is 5. The second kappa shape index (κ2) is 7.03. The summed E-state index contributed by atoms with van der Waals surface area (Å²) in [7, 11) is -3.27. The Kier molecular flexibility index (Phi) is 5.68. The van der Waals surface area contributed by atoms with Crippen molar-refractivity contribution in [2.45, 2.75) is 22.4 Å². The highest BCUT2D eigenvalue weighted by atomic mass is 35.6. The molecule has 4 N–H and O–H groups in total. The van der Waals surface area contributed by atoms with Crippen LogP contribution in [-0.4, -0.2) is 41.7 Å². The van der Waals surface area contributed by atoms with Gasteiger partial charge in [-0.2, -0.15) is 0 Å². The number of anilines is 1. The maximum atomic E-state index is 11.8. The summed E-state index contributed by atoms with van der Waals surface area (Å²) in [5.41, 5.74) is 7.20. The van der Waals surface area contributed by atoms with Crippen molar-refractivity contribution in [2.24, 2.45) is 0 Å². The molecule has 0 aliphatic carbocycles. The smallest absolute Gasteiger partial charge is 0.272 e. The summed E-state index contributed by atoms with van der Waals surface area (Å²) >= 11 is 16.5. The first kappa shape index (κ1) is 18.6. The Morgan fingerprint density at radius 1 is 1.17 bits per heavy atom. The fraction of sp³-hybridized carbons (Fsp3) is 0.462. The van der Waals surface area contributed by atoms with E-state index in [2.05, 4.69) is 10.6 Å². The Labute approximate surface area is 149 Å². The lowest BCUT2D eigenvalue weighted by molar-refractivity contribution is -0.120. The van der Waals surface area contributed by atoms with Crippen LogP contribution in [-0.2, 0) is 21.2 Å². The van der Waals surface area contributed by atoms with Crippen LogP contribution < -0.4 is 16.4 Å². The molecule has 1 amide bonds. The Morgan fingerprint density at radius 3 is 2.30 bits per heavy atom. The number of alkyl halides is 3. The Balaban J connectivity index is 2.02. The van der Waals surface area contributed by atoms with Gasteiger partial charge in [-0.25, -0.2) is 8.42 Å². The Bertz CT molecular complexity index is 674. The lowest BCUT2D eigenvalue weighted by Gasteiger charge is -2.22. The maximum Gasteiger partial charge on any atom is 0.272 e. The molecule has 2 rings (SSSR count). The van der Waals surface area contributed by atoms with Crippen molar-refractivity contribution in [1.29, 1.82) is 0 Å². The fourth-order valence-corrected chi connectivity index (χ4v) is 4.39. The summed E-state index contributed by atoms with van der Waals surface area (Å²) in [5.74, 6) is -1.13. The van der Waals surface area contributed by atoms with Gasteiger partial charge in [-0.05, 0) is 17.7 Å². The van der Waals surface area contributed by atoms with E-state index >= 15 is 0 Å². The molecule has 1 aliphatic rings. The van der Waals surface area contributed by atoms with Crippen molar-refractivity contribution in [3.63, 3.8) is 0 Å². The molecule has 0 saturated carbocycles. The molecule has 6 nitrogen and oxygen atoms in total. The van der Waals surface area contributed by atoms with Crippen molar-refractivity contribution in [3.8, 4) is 0 Å². The normalized spacial score (nSPS) is 23.6. The largest absolute Gasteiger partial charge is 0.399 e. The molecule has 2 atom stereocenters. The van der Waals surface area contributed by atoms with Crippen molar-refractivity contribution in [3.05, 3.63) is 29.8 Å². The molecule has 0 bridgehead atoms. The second-order valence-corrected chi connectivity index (χ2v) is 9.82. The van der Waals surface area contributed by atoms with Gasteiger partial charge in [-0.1, -0.05) is 46.9 Å². The summed E-state index contributed by atoms with van der Waals surface area (Å²) in [6.45, 7) is 0.431. The van der Waals surface area contributed by atoms with Crippen LogP contribution in [0.4, 0.5) is 5.69 Å². The summed E-state index contributed by atoms with van der Waals surface area (Å²) < 4.78 is 21.5. The lowest BCUT2D eigenvalue weighted by Crippen LogP contribution is -2.51. The topological polar surface area (TPSA) is 101 Å². The number of nitrogens with two attached hydrogens (primary N) is 1. The summed E-state index contributed by atoms with van der Waals surface area (Å²) in [5, 5.41) is 5.59. The molecular formula is C13H16Cl3N3O3S. The van der Waals surface area contributed by atoms with E-state index in [1.165, 1.54) is 0 Å². The van der Waals surface area contributed by atoms with Crippen LogP contribution in [0.1, 0.15) is 5.56 Å². The van der Waals surface area contributed by atoms with Crippen LogP contribution in [0, 0.1) is 0 Å². The van der Waals surface area contributed by atoms with Crippen molar-refractivity contribution in [1.82, 2.24) is 10.6 Å². The Morgan fingerprint density at radius 2 is 1.74 bits per heavy atom. The molecule has 0 radical (unpaired) electrons. The van der Waals surface area contributed by atoms with Gasteiger partial charge in [0, 0.05) is 18.3 Å². The number of hydrogen-bond donors (Lipinski definition) is 3. The van der Waals surface area contributed by atoms with E-state index in [9.17, 15) is 13.2 Å². The fourth-order valence-electron chi connectivity index (χ4n) is 2.33. The number of carbonyl (C=O) groups is 1. The van der Waals surface area contributed by atoms with Crippen molar-refractivity contribution in [2.75, 3.05) is 17.2 Å². The third-order valence-corrected chi connectivity index (χ3v) is 5.72. The van der Waals surface area contributed by atoms with E-state index in [0.29, 0.717) is 12.2 Å². The number of sulfone groups is 1. The highest BCUT2D eigenvalue weighted by molar-refractivity contribution is 7.91. The lowest BCUT2D eigenvalue weighted by atomic mass is 10.1. The van der Waals surface area contributed by atoms with Crippen LogP contribution in [0.3, 0.4) is 0 Å². The standard InChI is InChI=1S/C13H16Cl3N3O3S/c14-13(15,16)12(20)19-11-7-23(21,22)6-10(11)18-5-8-1-3-9(17)4-2-8/h1-4,10-11,18H,5-7,17H2,(H,19,20)/t10-,11-/m0/s1. The first-order chi connectivity index (χ1) is 10.6. The van der Waals surface area contributed by atoms with Gasteiger partial charge in [0.05, 0.1) is 17.5 Å². The molecule has 1 aromatic carbocycles. The van der Waals surface area contributed by atoms with Gasteiger partial charge in [0.15, 0.2) is 9.84 Å². The number of rotatable bonds is 4. The molecule has 23 heavy (non-hydrogen) atoms. The van der Waals surface area contributed by atoms with Gasteiger partial charge in [-0.15, -0.1) is 0 Å². The van der Waals surface area contributed by atoms with Crippen LogP contribution in [0.25, 0.3) is 0 Å². The van der Waals surface area contributed by atoms with Gasteiger partial charge in [-0.3, -0.25) is 4.79 Å². The highest BCUT2D eigenvalue weighted by Gasteiger charge is 2.41. The minimum atomic E-state index is -3.27. The van der Waals surface area contributed by atoms with Gasteiger partial charge in [0.2, 0.25) is 0 Å². The zero-order valence-corrected chi connectivity index (χ0v) is 15.0. The minimum Gasteiger partial charge on any atom is -0.399 e. The molecule has 0 unspecified atom stereocenters. The van der Waals surface area contributed by atoms with Crippen LogP contribution in [0.2, 0.25) is 0 Å². The molecule has 10 heteroatoms. The molecule has 0 aromatic heterocycles. The van der Waals surface area contributed by atoms with Crippen molar-refractivity contribution >= 4 is 56.2 Å².